The van der Waals surface area contributed by atoms with Crippen molar-refractivity contribution in [2.75, 3.05) is 7.11 Å². The summed E-state index contributed by atoms with van der Waals surface area (Å²) >= 11 is 1.51. The highest BCUT2D eigenvalue weighted by Gasteiger charge is 2.13. The Hall–Kier alpha value is -3.26. The number of pyridine rings is 2. The van der Waals surface area contributed by atoms with Crippen LogP contribution in [-0.2, 0) is 5.75 Å². The van der Waals surface area contributed by atoms with Crippen LogP contribution >= 0.6 is 11.8 Å². The molecular weight excluding hydrogens is 364 g/mol. The largest absolute Gasteiger partial charge is 0.497 e. The molecule has 0 unspecified atom stereocenters. The molecular formula is C19H16N4O3S. The minimum Gasteiger partial charge on any atom is -0.497 e. The van der Waals surface area contributed by atoms with Gasteiger partial charge in [-0.05, 0) is 36.4 Å². The average Bonchev–Trinajstić information content (AvgIpc) is 3.04. The lowest BCUT2D eigenvalue weighted by atomic mass is 10.3. The number of rotatable bonds is 5. The van der Waals surface area contributed by atoms with E-state index < -0.39 is 0 Å². The maximum absolute atomic E-state index is 12.7. The summed E-state index contributed by atoms with van der Waals surface area (Å²) in [5.41, 5.74) is 1.04. The second kappa shape index (κ2) is 7.16. The SMILES string of the molecule is COc1ccc(-n2[nH]c3[nH]c(CSc4ccccn4)cc(=O)c3c2=O)cc1. The molecule has 27 heavy (non-hydrogen) atoms. The molecule has 4 rings (SSSR count). The number of ether oxygens (including phenoxy) is 1. The first-order valence-corrected chi connectivity index (χ1v) is 9.19. The zero-order valence-electron chi connectivity index (χ0n) is 14.4. The van der Waals surface area contributed by atoms with Gasteiger partial charge in [0.25, 0.3) is 5.56 Å². The quantitative estimate of drug-likeness (QED) is 0.519. The van der Waals surface area contributed by atoms with E-state index >= 15 is 0 Å². The van der Waals surface area contributed by atoms with Crippen molar-refractivity contribution in [3.63, 3.8) is 0 Å². The molecule has 0 saturated carbocycles. The van der Waals surface area contributed by atoms with Crippen LogP contribution in [0.5, 0.6) is 5.75 Å². The van der Waals surface area contributed by atoms with E-state index in [1.54, 1.807) is 37.6 Å². The van der Waals surface area contributed by atoms with Crippen LogP contribution in [0, 0.1) is 0 Å². The molecule has 1 aromatic carbocycles. The predicted molar refractivity (Wildman–Crippen MR) is 105 cm³/mol. The minimum atomic E-state index is -0.389. The van der Waals surface area contributed by atoms with Crippen molar-refractivity contribution in [3.05, 3.63) is 81.0 Å². The van der Waals surface area contributed by atoms with E-state index in [1.807, 2.05) is 18.2 Å². The highest BCUT2D eigenvalue weighted by atomic mass is 32.2. The van der Waals surface area contributed by atoms with E-state index in [9.17, 15) is 9.59 Å². The number of aromatic amines is 2. The average molecular weight is 380 g/mol. The van der Waals surface area contributed by atoms with Gasteiger partial charge >= 0.3 is 0 Å². The second-order valence-corrected chi connectivity index (χ2v) is 6.81. The minimum absolute atomic E-state index is 0.109. The Morgan fingerprint density at radius 1 is 1.15 bits per heavy atom. The van der Waals surface area contributed by atoms with Gasteiger partial charge in [-0.3, -0.25) is 14.7 Å². The number of methoxy groups -OCH3 is 1. The molecule has 3 aromatic heterocycles. The van der Waals surface area contributed by atoms with Gasteiger partial charge in [-0.25, -0.2) is 9.67 Å². The van der Waals surface area contributed by atoms with Crippen LogP contribution in [0.2, 0.25) is 0 Å². The number of hydrogen-bond donors (Lipinski definition) is 2. The van der Waals surface area contributed by atoms with Gasteiger partial charge < -0.3 is 9.72 Å². The number of nitrogens with one attached hydrogen (secondary N) is 2. The van der Waals surface area contributed by atoms with Crippen LogP contribution in [0.15, 0.2) is 69.3 Å². The zero-order valence-corrected chi connectivity index (χ0v) is 15.2. The van der Waals surface area contributed by atoms with Crippen LogP contribution in [0.3, 0.4) is 0 Å². The first kappa shape index (κ1) is 17.2. The van der Waals surface area contributed by atoms with E-state index in [2.05, 4.69) is 15.1 Å². The van der Waals surface area contributed by atoms with Crippen LogP contribution < -0.4 is 15.7 Å². The Morgan fingerprint density at radius 2 is 1.96 bits per heavy atom. The van der Waals surface area contributed by atoms with Crippen molar-refractivity contribution in [1.29, 1.82) is 0 Å². The lowest BCUT2D eigenvalue weighted by Gasteiger charge is -2.03. The normalized spacial score (nSPS) is 11.0. The van der Waals surface area contributed by atoms with Gasteiger partial charge in [-0.1, -0.05) is 6.07 Å². The first-order chi connectivity index (χ1) is 13.2. The summed E-state index contributed by atoms with van der Waals surface area (Å²) < 4.78 is 6.48. The third-order valence-corrected chi connectivity index (χ3v) is 5.06. The Morgan fingerprint density at radius 3 is 2.67 bits per heavy atom. The van der Waals surface area contributed by atoms with Crippen molar-refractivity contribution in [2.24, 2.45) is 0 Å². The molecule has 0 saturated heterocycles. The number of thioether (sulfide) groups is 1. The van der Waals surface area contributed by atoms with Crippen molar-refractivity contribution in [2.45, 2.75) is 10.8 Å². The molecule has 136 valence electrons. The third-order valence-electron chi connectivity index (χ3n) is 4.07. The zero-order chi connectivity index (χ0) is 18.8. The number of benzene rings is 1. The van der Waals surface area contributed by atoms with Crippen LogP contribution in [0.1, 0.15) is 5.69 Å². The van der Waals surface area contributed by atoms with E-state index in [1.165, 1.54) is 22.5 Å². The Kier molecular flexibility index (Phi) is 4.55. The second-order valence-electron chi connectivity index (χ2n) is 5.82. The topological polar surface area (TPSA) is 92.8 Å². The van der Waals surface area contributed by atoms with Crippen molar-refractivity contribution in [3.8, 4) is 11.4 Å². The van der Waals surface area contributed by atoms with Gasteiger partial charge in [0.05, 0.1) is 17.8 Å². The molecule has 0 bridgehead atoms. The molecule has 0 atom stereocenters. The van der Waals surface area contributed by atoms with Crippen LogP contribution in [-0.4, -0.2) is 26.9 Å². The molecule has 4 aromatic rings. The number of H-pyrrole nitrogens is 2. The summed E-state index contributed by atoms with van der Waals surface area (Å²) in [5, 5.41) is 3.95. The molecule has 0 aliphatic rings. The molecule has 0 spiro atoms. The Balaban J connectivity index is 1.70. The van der Waals surface area contributed by atoms with Gasteiger partial charge in [0, 0.05) is 23.7 Å². The lowest BCUT2D eigenvalue weighted by molar-refractivity contribution is 0.414. The monoisotopic (exact) mass is 380 g/mol. The number of nitrogens with zero attached hydrogens (tertiary/aromatic N) is 2. The smallest absolute Gasteiger partial charge is 0.284 e. The fraction of sp³-hybridized carbons (Fsp3) is 0.105. The van der Waals surface area contributed by atoms with E-state index in [0.29, 0.717) is 28.5 Å². The molecule has 0 aliphatic carbocycles. The summed E-state index contributed by atoms with van der Waals surface area (Å²) in [4.78, 5) is 32.5. The Labute approximate surface area is 158 Å². The highest BCUT2D eigenvalue weighted by molar-refractivity contribution is 7.98. The van der Waals surface area contributed by atoms with Gasteiger partial charge in [0.1, 0.15) is 16.8 Å². The maximum atomic E-state index is 12.7. The molecule has 2 N–H and O–H groups in total. The van der Waals surface area contributed by atoms with Crippen LogP contribution in [0.25, 0.3) is 16.7 Å². The molecule has 3 heterocycles. The third kappa shape index (κ3) is 3.39. The highest BCUT2D eigenvalue weighted by Crippen LogP contribution is 2.19. The van der Waals surface area contributed by atoms with Crippen molar-refractivity contribution >= 4 is 22.8 Å². The standard InChI is InChI=1S/C19H16N4O3S/c1-26-14-7-5-13(6-8-14)23-19(25)17-15(24)10-12(21-18(17)22-23)11-27-16-4-2-3-9-20-16/h2-10H,11H2,1H3,(H2,21,22,24). The van der Waals surface area contributed by atoms with E-state index in [-0.39, 0.29) is 16.4 Å². The van der Waals surface area contributed by atoms with Gasteiger partial charge in [-0.15, -0.1) is 11.8 Å². The summed E-state index contributed by atoms with van der Waals surface area (Å²) in [6, 6.07) is 14.1. The predicted octanol–water partition coefficient (Wildman–Crippen LogP) is 2.70. The molecule has 8 heteroatoms. The summed E-state index contributed by atoms with van der Waals surface area (Å²) in [7, 11) is 1.58. The van der Waals surface area contributed by atoms with E-state index in [0.717, 1.165) is 5.03 Å². The molecule has 0 amide bonds. The molecule has 7 nitrogen and oxygen atoms in total. The fourth-order valence-electron chi connectivity index (χ4n) is 2.76. The van der Waals surface area contributed by atoms with Gasteiger partial charge in [0.15, 0.2) is 5.43 Å². The molecule has 0 fully saturated rings. The molecule has 0 radical (unpaired) electrons. The maximum Gasteiger partial charge on any atom is 0.284 e. The molecule has 0 aliphatic heterocycles. The number of aromatic nitrogens is 4. The summed E-state index contributed by atoms with van der Waals surface area (Å²) in [5.74, 6) is 1.23. The van der Waals surface area contributed by atoms with E-state index in [4.69, 9.17) is 4.74 Å². The van der Waals surface area contributed by atoms with Gasteiger partial charge in [-0.2, -0.15) is 0 Å². The lowest BCUT2D eigenvalue weighted by Crippen LogP contribution is -2.18. The van der Waals surface area contributed by atoms with Crippen molar-refractivity contribution in [1.82, 2.24) is 19.7 Å². The Bertz CT molecular complexity index is 1190. The van der Waals surface area contributed by atoms with Crippen LogP contribution in [0.4, 0.5) is 0 Å². The first-order valence-electron chi connectivity index (χ1n) is 8.21. The number of fused-ring (bicyclic) bond motifs is 1. The number of hydrogen-bond acceptors (Lipinski definition) is 5. The summed E-state index contributed by atoms with van der Waals surface area (Å²) in [6.07, 6.45) is 1.72. The van der Waals surface area contributed by atoms with Gasteiger partial charge in [0.2, 0.25) is 0 Å². The fourth-order valence-corrected chi connectivity index (χ4v) is 3.53. The van der Waals surface area contributed by atoms with Crippen molar-refractivity contribution < 1.29 is 4.74 Å². The summed E-state index contributed by atoms with van der Waals surface area (Å²) in [6.45, 7) is 0.